The summed E-state index contributed by atoms with van der Waals surface area (Å²) in [4.78, 5) is 0. The van der Waals surface area contributed by atoms with Gasteiger partial charge in [0.2, 0.25) is 0 Å². The van der Waals surface area contributed by atoms with Crippen LogP contribution in [0.5, 0.6) is 0 Å². The first-order valence-electron chi connectivity index (χ1n) is 9.91. The Morgan fingerprint density at radius 1 is 0.935 bits per heavy atom. The fourth-order valence-electron chi connectivity index (χ4n) is 3.23. The maximum absolute atomic E-state index is 13.7. The van der Waals surface area contributed by atoms with Crippen molar-refractivity contribution in [2.24, 2.45) is 5.92 Å². The van der Waals surface area contributed by atoms with Crippen LogP contribution in [0.15, 0.2) is 77.4 Å². The molecule has 1 aliphatic carbocycles. The van der Waals surface area contributed by atoms with Crippen molar-refractivity contribution in [1.29, 1.82) is 0 Å². The van der Waals surface area contributed by atoms with Gasteiger partial charge >= 0.3 is 41.9 Å². The van der Waals surface area contributed by atoms with E-state index >= 15 is 0 Å². The van der Waals surface area contributed by atoms with Gasteiger partial charge in [-0.05, 0) is 11.6 Å². The predicted molar refractivity (Wildman–Crippen MR) is 137 cm³/mol. The van der Waals surface area contributed by atoms with E-state index in [2.05, 4.69) is 46.9 Å². The van der Waals surface area contributed by atoms with Gasteiger partial charge in [0.05, 0.1) is 0 Å². The summed E-state index contributed by atoms with van der Waals surface area (Å²) < 4.78 is 13.7. The van der Waals surface area contributed by atoms with Crippen molar-refractivity contribution < 1.29 is 27.7 Å². The van der Waals surface area contributed by atoms with Crippen molar-refractivity contribution in [3.05, 3.63) is 89.3 Å². The van der Waals surface area contributed by atoms with Gasteiger partial charge in [0.25, 0.3) is 0 Å². The Bertz CT molecular complexity index is 1060. The van der Waals surface area contributed by atoms with E-state index in [9.17, 15) is 4.39 Å². The van der Waals surface area contributed by atoms with Crippen LogP contribution in [0.4, 0.5) is 4.39 Å². The maximum atomic E-state index is 13.7. The van der Waals surface area contributed by atoms with Crippen molar-refractivity contribution in [3.63, 3.8) is 0 Å². The van der Waals surface area contributed by atoms with Crippen molar-refractivity contribution in [2.75, 3.05) is 0 Å². The molecule has 0 heterocycles. The Kier molecular flexibility index (Phi) is 13.9. The summed E-state index contributed by atoms with van der Waals surface area (Å²) in [5.41, 5.74) is 6.09. The first kappa shape index (κ1) is 30.1. The fraction of sp³-hybridized carbons (Fsp3) is 0.269. The van der Waals surface area contributed by atoms with E-state index in [-0.39, 0.29) is 36.1 Å². The van der Waals surface area contributed by atoms with Crippen LogP contribution in [0.25, 0.3) is 21.9 Å². The van der Waals surface area contributed by atoms with Gasteiger partial charge in [-0.15, -0.1) is 78.4 Å². The Labute approximate surface area is 214 Å². The molecule has 3 aromatic carbocycles. The smallest absolute Gasteiger partial charge is 0.121 e. The topological polar surface area (TPSA) is 0 Å². The molecule has 0 bridgehead atoms. The molecular weight excluding hydrogens is 522 g/mol. The maximum Gasteiger partial charge on any atom is 0.121 e. The minimum Gasteiger partial charge on any atom is -0.207 e. The summed E-state index contributed by atoms with van der Waals surface area (Å²) in [7, 11) is 0. The summed E-state index contributed by atoms with van der Waals surface area (Å²) >= 11 is 1.74. The van der Waals surface area contributed by atoms with Gasteiger partial charge in [0.1, 0.15) is 5.82 Å². The summed E-state index contributed by atoms with van der Waals surface area (Å²) in [6.07, 6.45) is 3.36. The largest absolute Gasteiger partial charge is 0.207 e. The number of hydrogen-bond acceptors (Lipinski definition) is 0. The number of fused-ring (bicyclic) bond motifs is 1. The SMILES string of the molecule is CC1=[C-]C(C)C(C)=C1C.C[Si](C)=[Zr+2].Cl.Cl.Fc1ccccc1-c1c[cH-]c2ccccc12. The van der Waals surface area contributed by atoms with E-state index < -0.39 is 0 Å². The monoisotopic (exact) mass is 550 g/mol. The second kappa shape index (κ2) is 14.3. The zero-order valence-corrected chi connectivity index (χ0v) is 24.1. The Hall–Kier alpha value is -0.860. The molecule has 0 radical (unpaired) electrons. The van der Waals surface area contributed by atoms with Crippen LogP contribution >= 0.6 is 24.8 Å². The third-order valence-electron chi connectivity index (χ3n) is 5.08. The van der Waals surface area contributed by atoms with E-state index in [1.54, 1.807) is 29.4 Å². The molecule has 0 saturated heterocycles. The van der Waals surface area contributed by atoms with Gasteiger partial charge in [-0.25, -0.2) is 9.96 Å². The van der Waals surface area contributed by atoms with Crippen LogP contribution in [0.3, 0.4) is 0 Å². The number of hydrogen-bond donors (Lipinski definition) is 0. The van der Waals surface area contributed by atoms with Crippen molar-refractivity contribution >= 4 is 41.0 Å². The molecule has 0 N–H and O–H groups in total. The molecule has 1 unspecified atom stereocenters. The molecule has 0 amide bonds. The van der Waals surface area contributed by atoms with Gasteiger partial charge in [-0.3, -0.25) is 6.08 Å². The molecule has 31 heavy (non-hydrogen) atoms. The Morgan fingerprint density at radius 2 is 1.48 bits per heavy atom. The zero-order chi connectivity index (χ0) is 21.6. The van der Waals surface area contributed by atoms with Gasteiger partial charge in [-0.2, -0.15) is 11.1 Å². The van der Waals surface area contributed by atoms with E-state index in [0.717, 1.165) is 16.3 Å². The molecule has 3 aromatic rings. The molecule has 4 rings (SSSR count). The van der Waals surface area contributed by atoms with Gasteiger partial charge in [0, 0.05) is 0 Å². The van der Waals surface area contributed by atoms with Crippen LogP contribution in [-0.4, -0.2) is 5.43 Å². The zero-order valence-electron chi connectivity index (χ0n) is 19.0. The second-order valence-corrected chi connectivity index (χ2v) is 17.0. The third-order valence-corrected chi connectivity index (χ3v) is 5.08. The molecule has 0 fully saturated rings. The number of benzene rings is 2. The average Bonchev–Trinajstić information content (AvgIpc) is 3.19. The number of halogens is 3. The molecular formula is C26H31Cl2FSiZr. The standard InChI is InChI=1S/C15H10F.C9H13.C2H6Si.2ClH.Zr/c16-15-8-4-3-7-14(15)13-10-9-11-5-1-2-6-12(11)13;1-6-5-7(2)9(4)8(6)3;1-3-2;;;/h1-10H;6H,1-4H3;1-2H3;2*1H;/q2*-1;;;;+2. The molecule has 0 saturated carbocycles. The first-order chi connectivity index (χ1) is 13.7. The molecule has 164 valence electrons. The summed E-state index contributed by atoms with van der Waals surface area (Å²) in [5, 5.41) is 2.26. The first-order valence-corrected chi connectivity index (χ1v) is 16.1. The molecule has 1 atom stereocenters. The molecule has 1 aliphatic rings. The van der Waals surface area contributed by atoms with Gasteiger partial charge < -0.3 is 0 Å². The van der Waals surface area contributed by atoms with E-state index in [1.807, 2.05) is 48.5 Å². The fourth-order valence-corrected chi connectivity index (χ4v) is 3.23. The molecule has 0 aromatic heterocycles. The predicted octanol–water partition coefficient (Wildman–Crippen LogP) is 8.71. The summed E-state index contributed by atoms with van der Waals surface area (Å²) in [6, 6.07) is 18.9. The minimum atomic E-state index is -0.168. The van der Waals surface area contributed by atoms with Crippen LogP contribution in [0, 0.1) is 17.8 Å². The Balaban J connectivity index is 0.000000516. The van der Waals surface area contributed by atoms with Crippen molar-refractivity contribution in [3.8, 4) is 11.1 Å². The van der Waals surface area contributed by atoms with Crippen LogP contribution in [0.2, 0.25) is 13.1 Å². The van der Waals surface area contributed by atoms with Gasteiger partial charge in [-0.1, -0.05) is 51.0 Å². The minimum absolute atomic E-state index is 0. The Morgan fingerprint density at radius 3 is 1.97 bits per heavy atom. The van der Waals surface area contributed by atoms with E-state index in [4.69, 9.17) is 0 Å². The molecule has 0 aliphatic heterocycles. The van der Waals surface area contributed by atoms with Crippen LogP contribution < -0.4 is 0 Å². The number of allylic oxidation sites excluding steroid dienone is 4. The van der Waals surface area contributed by atoms with Crippen LogP contribution in [-0.2, 0) is 23.3 Å². The van der Waals surface area contributed by atoms with E-state index in [0.29, 0.717) is 11.5 Å². The third kappa shape index (κ3) is 8.54. The van der Waals surface area contributed by atoms with Crippen molar-refractivity contribution in [1.82, 2.24) is 0 Å². The molecule has 0 nitrogen and oxygen atoms in total. The number of rotatable bonds is 1. The summed E-state index contributed by atoms with van der Waals surface area (Å²) in [5.74, 6) is 0.392. The normalized spacial score (nSPS) is 14.4. The second-order valence-electron chi connectivity index (χ2n) is 7.61. The molecule has 5 heteroatoms. The quantitative estimate of drug-likeness (QED) is 0.209. The average molecular weight is 553 g/mol. The van der Waals surface area contributed by atoms with Crippen molar-refractivity contribution in [2.45, 2.75) is 40.8 Å². The van der Waals surface area contributed by atoms with E-state index in [1.165, 1.54) is 22.8 Å². The summed E-state index contributed by atoms with van der Waals surface area (Å²) in [6.45, 7) is 13.3. The molecule has 0 spiro atoms. The van der Waals surface area contributed by atoms with Crippen LogP contribution in [0.1, 0.15) is 27.7 Å². The van der Waals surface area contributed by atoms with Gasteiger partial charge in [0.15, 0.2) is 0 Å².